The number of carbonyl (C=O) groups is 1. The number of hydrogen-bond donors (Lipinski definition) is 2. The van der Waals surface area contributed by atoms with Gasteiger partial charge in [-0.25, -0.2) is 4.79 Å². The zero-order valence-electron chi connectivity index (χ0n) is 14.1. The zero-order valence-corrected chi connectivity index (χ0v) is 14.1. The van der Waals surface area contributed by atoms with Crippen LogP contribution in [0.1, 0.15) is 53.3 Å². The predicted molar refractivity (Wildman–Crippen MR) is 92.7 cm³/mol. The summed E-state index contributed by atoms with van der Waals surface area (Å²) in [4.78, 5) is 12.3. The van der Waals surface area contributed by atoms with E-state index in [0.717, 1.165) is 24.8 Å². The summed E-state index contributed by atoms with van der Waals surface area (Å²) < 4.78 is 1.92. The number of fused-ring (bicyclic) bond motifs is 2. The lowest BCUT2D eigenvalue weighted by Crippen LogP contribution is -2.38. The lowest BCUT2D eigenvalue weighted by atomic mass is 9.93. The number of nitrogens with one attached hydrogen (secondary N) is 2. The van der Waals surface area contributed by atoms with Crippen molar-refractivity contribution >= 4 is 6.03 Å². The van der Waals surface area contributed by atoms with Gasteiger partial charge in [0.1, 0.15) is 0 Å². The second-order valence-electron chi connectivity index (χ2n) is 6.90. The fraction of sp³-hybridized carbons (Fsp3) is 0.474. The summed E-state index contributed by atoms with van der Waals surface area (Å²) in [5.74, 6) is 0. The molecule has 0 aliphatic heterocycles. The number of rotatable bonds is 3. The quantitative estimate of drug-likeness (QED) is 0.912. The molecule has 126 valence electrons. The molecular weight excluding hydrogens is 300 g/mol. The molecular formula is C19H24N4O. The van der Waals surface area contributed by atoms with E-state index in [9.17, 15) is 4.79 Å². The molecule has 0 unspecified atom stereocenters. The third-order valence-electron chi connectivity index (χ3n) is 5.30. The van der Waals surface area contributed by atoms with E-state index in [1.807, 2.05) is 17.9 Å². The molecule has 0 bridgehead atoms. The Morgan fingerprint density at radius 1 is 1.25 bits per heavy atom. The van der Waals surface area contributed by atoms with Crippen LogP contribution in [0.15, 0.2) is 24.4 Å². The van der Waals surface area contributed by atoms with E-state index in [1.165, 1.54) is 41.6 Å². The fourth-order valence-electron chi connectivity index (χ4n) is 3.98. The van der Waals surface area contributed by atoms with Gasteiger partial charge < -0.3 is 10.6 Å². The van der Waals surface area contributed by atoms with Gasteiger partial charge in [-0.3, -0.25) is 4.68 Å². The maximum absolute atomic E-state index is 12.3. The van der Waals surface area contributed by atoms with Crippen molar-refractivity contribution in [3.63, 3.8) is 0 Å². The van der Waals surface area contributed by atoms with Gasteiger partial charge in [-0.1, -0.05) is 18.2 Å². The summed E-state index contributed by atoms with van der Waals surface area (Å²) in [6, 6.07) is 6.55. The number of urea groups is 1. The van der Waals surface area contributed by atoms with Crippen LogP contribution in [0.4, 0.5) is 4.79 Å². The standard InChI is InChI=1S/C19H24N4O/c1-23-18-7-3-6-17(16(18)12-21-23)22-19(24)20-11-13-8-9-14-4-2-5-15(14)10-13/h8-10,12,17H,2-7,11H2,1H3,(H2,20,22,24)/t17-/m1/s1. The van der Waals surface area contributed by atoms with Gasteiger partial charge in [0.2, 0.25) is 0 Å². The van der Waals surface area contributed by atoms with Gasteiger partial charge in [-0.05, 0) is 55.2 Å². The number of hydrogen-bond acceptors (Lipinski definition) is 2. The molecule has 5 heteroatoms. The molecule has 2 N–H and O–H groups in total. The number of aryl methyl sites for hydroxylation is 3. The molecule has 2 amide bonds. The minimum absolute atomic E-state index is 0.0717. The molecule has 5 nitrogen and oxygen atoms in total. The number of carbonyl (C=O) groups excluding carboxylic acids is 1. The van der Waals surface area contributed by atoms with Crippen LogP contribution in [0.3, 0.4) is 0 Å². The molecule has 2 aliphatic rings. The molecule has 1 aromatic heterocycles. The first-order valence-corrected chi connectivity index (χ1v) is 8.86. The molecule has 1 atom stereocenters. The summed E-state index contributed by atoms with van der Waals surface area (Å²) in [7, 11) is 1.97. The van der Waals surface area contributed by atoms with Crippen molar-refractivity contribution < 1.29 is 4.79 Å². The van der Waals surface area contributed by atoms with Gasteiger partial charge in [0.25, 0.3) is 0 Å². The van der Waals surface area contributed by atoms with Crippen LogP contribution in [-0.4, -0.2) is 15.8 Å². The largest absolute Gasteiger partial charge is 0.334 e. The van der Waals surface area contributed by atoms with Crippen LogP contribution in [0.2, 0.25) is 0 Å². The Balaban J connectivity index is 1.36. The van der Waals surface area contributed by atoms with Crippen LogP contribution in [-0.2, 0) is 32.9 Å². The smallest absolute Gasteiger partial charge is 0.315 e. The highest BCUT2D eigenvalue weighted by atomic mass is 16.2. The van der Waals surface area contributed by atoms with E-state index in [4.69, 9.17) is 0 Å². The Labute approximate surface area is 142 Å². The monoisotopic (exact) mass is 324 g/mol. The van der Waals surface area contributed by atoms with Gasteiger partial charge in [-0.15, -0.1) is 0 Å². The first-order chi connectivity index (χ1) is 11.7. The van der Waals surface area contributed by atoms with Gasteiger partial charge in [0, 0.05) is 24.8 Å². The molecule has 0 radical (unpaired) electrons. The first-order valence-electron chi connectivity index (χ1n) is 8.86. The van der Waals surface area contributed by atoms with Crippen molar-refractivity contribution in [2.24, 2.45) is 7.05 Å². The van der Waals surface area contributed by atoms with E-state index < -0.39 is 0 Å². The SMILES string of the molecule is Cn1ncc2c1CCC[C@H]2NC(=O)NCc1ccc2c(c1)CCC2. The van der Waals surface area contributed by atoms with E-state index in [0.29, 0.717) is 6.54 Å². The highest BCUT2D eigenvalue weighted by Crippen LogP contribution is 2.29. The molecule has 0 saturated heterocycles. The number of amides is 2. The molecule has 2 aromatic rings. The number of aromatic nitrogens is 2. The Morgan fingerprint density at radius 3 is 3.04 bits per heavy atom. The van der Waals surface area contributed by atoms with Gasteiger partial charge in [0.15, 0.2) is 0 Å². The lowest BCUT2D eigenvalue weighted by Gasteiger charge is -2.24. The van der Waals surface area contributed by atoms with Crippen LogP contribution >= 0.6 is 0 Å². The van der Waals surface area contributed by atoms with Crippen LogP contribution in [0.25, 0.3) is 0 Å². The molecule has 4 rings (SSSR count). The fourth-order valence-corrected chi connectivity index (χ4v) is 3.98. The second kappa shape index (κ2) is 6.30. The second-order valence-corrected chi connectivity index (χ2v) is 6.90. The molecule has 2 aliphatic carbocycles. The highest BCUT2D eigenvalue weighted by Gasteiger charge is 2.24. The minimum atomic E-state index is -0.0998. The normalized spacial score (nSPS) is 18.8. The topological polar surface area (TPSA) is 59.0 Å². The minimum Gasteiger partial charge on any atom is -0.334 e. The maximum atomic E-state index is 12.3. The van der Waals surface area contributed by atoms with Crippen LogP contribution in [0.5, 0.6) is 0 Å². The van der Waals surface area contributed by atoms with E-state index >= 15 is 0 Å². The number of nitrogens with zero attached hydrogens (tertiary/aromatic N) is 2. The summed E-state index contributed by atoms with van der Waals surface area (Å²) in [5.41, 5.74) is 6.50. The summed E-state index contributed by atoms with van der Waals surface area (Å²) in [5, 5.41) is 10.4. The average molecular weight is 324 g/mol. The van der Waals surface area contributed by atoms with Crippen molar-refractivity contribution in [3.8, 4) is 0 Å². The summed E-state index contributed by atoms with van der Waals surface area (Å²) in [6.45, 7) is 0.575. The molecule has 0 saturated carbocycles. The Bertz CT molecular complexity index is 765. The van der Waals surface area contributed by atoms with Crippen LogP contribution < -0.4 is 10.6 Å². The van der Waals surface area contributed by atoms with Gasteiger partial charge in [0.05, 0.1) is 12.2 Å². The van der Waals surface area contributed by atoms with E-state index in [2.05, 4.69) is 33.9 Å². The molecule has 24 heavy (non-hydrogen) atoms. The summed E-state index contributed by atoms with van der Waals surface area (Å²) >= 11 is 0. The first kappa shape index (κ1) is 15.2. The maximum Gasteiger partial charge on any atom is 0.315 e. The van der Waals surface area contributed by atoms with Crippen molar-refractivity contribution in [3.05, 3.63) is 52.3 Å². The summed E-state index contributed by atoms with van der Waals surface area (Å²) in [6.07, 6.45) is 8.61. The Morgan fingerprint density at radius 2 is 2.12 bits per heavy atom. The van der Waals surface area contributed by atoms with Crippen molar-refractivity contribution in [1.82, 2.24) is 20.4 Å². The van der Waals surface area contributed by atoms with Crippen molar-refractivity contribution in [1.29, 1.82) is 0 Å². The third kappa shape index (κ3) is 2.90. The van der Waals surface area contributed by atoms with Crippen molar-refractivity contribution in [2.45, 2.75) is 51.1 Å². The van der Waals surface area contributed by atoms with Gasteiger partial charge in [-0.2, -0.15) is 5.10 Å². The molecule has 0 fully saturated rings. The Hall–Kier alpha value is -2.30. The van der Waals surface area contributed by atoms with E-state index in [-0.39, 0.29) is 12.1 Å². The van der Waals surface area contributed by atoms with Crippen LogP contribution in [0, 0.1) is 0 Å². The highest BCUT2D eigenvalue weighted by molar-refractivity contribution is 5.74. The molecule has 1 aromatic carbocycles. The molecule has 0 spiro atoms. The Kier molecular flexibility index (Phi) is 4.00. The third-order valence-corrected chi connectivity index (χ3v) is 5.30. The average Bonchev–Trinajstić information content (AvgIpc) is 3.20. The van der Waals surface area contributed by atoms with Gasteiger partial charge >= 0.3 is 6.03 Å². The number of benzene rings is 1. The van der Waals surface area contributed by atoms with E-state index in [1.54, 1.807) is 0 Å². The van der Waals surface area contributed by atoms with Crippen molar-refractivity contribution in [2.75, 3.05) is 0 Å². The predicted octanol–water partition coefficient (Wildman–Crippen LogP) is 2.79. The molecule has 1 heterocycles. The zero-order chi connectivity index (χ0) is 16.5. The lowest BCUT2D eigenvalue weighted by molar-refractivity contribution is 0.235.